The second-order valence-corrected chi connectivity index (χ2v) is 4.72. The van der Waals surface area contributed by atoms with Gasteiger partial charge in [0.2, 0.25) is 5.91 Å². The van der Waals surface area contributed by atoms with Gasteiger partial charge in [0.1, 0.15) is 5.82 Å². The van der Waals surface area contributed by atoms with E-state index in [0.717, 1.165) is 5.56 Å². The zero-order chi connectivity index (χ0) is 12.6. The molecule has 1 aliphatic rings. The Balaban J connectivity index is 2.41. The highest BCUT2D eigenvalue weighted by Crippen LogP contribution is 2.35. The summed E-state index contributed by atoms with van der Waals surface area (Å²) >= 11 is 6.07. The van der Waals surface area contributed by atoms with E-state index < -0.39 is 5.82 Å². The molecule has 0 bridgehead atoms. The predicted octanol–water partition coefficient (Wildman–Crippen LogP) is 2.10. The van der Waals surface area contributed by atoms with Gasteiger partial charge < -0.3 is 10.6 Å². The lowest BCUT2D eigenvalue weighted by Gasteiger charge is -2.19. The van der Waals surface area contributed by atoms with Gasteiger partial charge in [-0.1, -0.05) is 17.7 Å². The summed E-state index contributed by atoms with van der Waals surface area (Å²) in [7, 11) is 0. The van der Waals surface area contributed by atoms with Crippen LogP contribution in [0, 0.1) is 18.7 Å². The number of nitrogens with zero attached hydrogens (tertiary/aromatic N) is 1. The molecule has 2 rings (SSSR count). The number of hydrogen-bond donors (Lipinski definition) is 1. The SMILES string of the molecule is Cc1ccc(F)c(N2CC(CN)CC2=O)c1Cl. The van der Waals surface area contributed by atoms with E-state index in [1.165, 1.54) is 11.0 Å². The van der Waals surface area contributed by atoms with Crippen molar-refractivity contribution in [1.82, 2.24) is 0 Å². The van der Waals surface area contributed by atoms with Gasteiger partial charge >= 0.3 is 0 Å². The molecule has 0 aromatic heterocycles. The van der Waals surface area contributed by atoms with Crippen molar-refractivity contribution >= 4 is 23.2 Å². The summed E-state index contributed by atoms with van der Waals surface area (Å²) in [5, 5.41) is 0.302. The van der Waals surface area contributed by atoms with Crippen LogP contribution in [-0.2, 0) is 4.79 Å². The first-order valence-electron chi connectivity index (χ1n) is 5.49. The first kappa shape index (κ1) is 12.3. The van der Waals surface area contributed by atoms with E-state index in [9.17, 15) is 9.18 Å². The van der Waals surface area contributed by atoms with Gasteiger partial charge in [0.05, 0.1) is 10.7 Å². The summed E-state index contributed by atoms with van der Waals surface area (Å²) in [6.07, 6.45) is 0.361. The summed E-state index contributed by atoms with van der Waals surface area (Å²) in [5.74, 6) is -0.503. The minimum atomic E-state index is -0.466. The number of benzene rings is 1. The molecule has 5 heteroatoms. The third kappa shape index (κ3) is 2.15. The topological polar surface area (TPSA) is 46.3 Å². The van der Waals surface area contributed by atoms with Gasteiger partial charge in [-0.2, -0.15) is 0 Å². The Labute approximate surface area is 104 Å². The number of amides is 1. The van der Waals surface area contributed by atoms with Gasteiger partial charge in [-0.25, -0.2) is 4.39 Å². The van der Waals surface area contributed by atoms with Gasteiger partial charge in [-0.15, -0.1) is 0 Å². The number of anilines is 1. The summed E-state index contributed by atoms with van der Waals surface area (Å²) < 4.78 is 13.8. The second-order valence-electron chi connectivity index (χ2n) is 4.34. The quantitative estimate of drug-likeness (QED) is 0.881. The monoisotopic (exact) mass is 256 g/mol. The van der Waals surface area contributed by atoms with Gasteiger partial charge in [0.15, 0.2) is 0 Å². The Bertz CT molecular complexity index is 464. The molecular formula is C12H14ClFN2O. The van der Waals surface area contributed by atoms with Crippen LogP contribution in [0.4, 0.5) is 10.1 Å². The molecule has 17 heavy (non-hydrogen) atoms. The molecule has 1 amide bonds. The average Bonchev–Trinajstić information content (AvgIpc) is 2.66. The molecule has 0 spiro atoms. The van der Waals surface area contributed by atoms with Gasteiger partial charge in [-0.3, -0.25) is 4.79 Å². The first-order chi connectivity index (χ1) is 8.04. The largest absolute Gasteiger partial charge is 0.330 e. The predicted molar refractivity (Wildman–Crippen MR) is 65.7 cm³/mol. The number of carbonyl (C=O) groups excluding carboxylic acids is 1. The van der Waals surface area contributed by atoms with Crippen LogP contribution in [0.3, 0.4) is 0 Å². The Morgan fingerprint density at radius 1 is 1.59 bits per heavy atom. The van der Waals surface area contributed by atoms with E-state index in [2.05, 4.69) is 0 Å². The number of rotatable bonds is 2. The second kappa shape index (κ2) is 4.63. The molecule has 1 atom stereocenters. The first-order valence-corrected chi connectivity index (χ1v) is 5.87. The molecule has 1 aliphatic heterocycles. The van der Waals surface area contributed by atoms with Gasteiger partial charge in [0.25, 0.3) is 0 Å². The van der Waals surface area contributed by atoms with Gasteiger partial charge in [-0.05, 0) is 31.0 Å². The zero-order valence-electron chi connectivity index (χ0n) is 9.54. The van der Waals surface area contributed by atoms with Crippen molar-refractivity contribution in [2.75, 3.05) is 18.0 Å². The van der Waals surface area contributed by atoms with E-state index in [1.807, 2.05) is 0 Å². The molecular weight excluding hydrogens is 243 g/mol. The number of halogens is 2. The van der Waals surface area contributed by atoms with Crippen molar-refractivity contribution in [3.8, 4) is 0 Å². The Hall–Kier alpha value is -1.13. The van der Waals surface area contributed by atoms with Crippen molar-refractivity contribution in [2.24, 2.45) is 11.7 Å². The summed E-state index contributed by atoms with van der Waals surface area (Å²) in [5.41, 5.74) is 6.48. The number of aryl methyl sites for hydroxylation is 1. The highest BCUT2D eigenvalue weighted by molar-refractivity contribution is 6.34. The van der Waals surface area contributed by atoms with Crippen LogP contribution in [0.25, 0.3) is 0 Å². The molecule has 1 saturated heterocycles. The summed E-state index contributed by atoms with van der Waals surface area (Å²) in [4.78, 5) is 13.2. The lowest BCUT2D eigenvalue weighted by Crippen LogP contribution is -2.27. The van der Waals surface area contributed by atoms with E-state index >= 15 is 0 Å². The number of hydrogen-bond acceptors (Lipinski definition) is 2. The Morgan fingerprint density at radius 2 is 2.29 bits per heavy atom. The van der Waals surface area contributed by atoms with Crippen molar-refractivity contribution < 1.29 is 9.18 Å². The molecule has 2 N–H and O–H groups in total. The Kier molecular flexibility index (Phi) is 3.35. The fourth-order valence-corrected chi connectivity index (χ4v) is 2.30. The lowest BCUT2D eigenvalue weighted by molar-refractivity contribution is -0.117. The fraction of sp³-hybridized carbons (Fsp3) is 0.417. The van der Waals surface area contributed by atoms with Crippen molar-refractivity contribution in [2.45, 2.75) is 13.3 Å². The van der Waals surface area contributed by atoms with Crippen LogP contribution in [0.5, 0.6) is 0 Å². The molecule has 0 radical (unpaired) electrons. The highest BCUT2D eigenvalue weighted by Gasteiger charge is 2.32. The van der Waals surface area contributed by atoms with E-state index in [1.54, 1.807) is 13.0 Å². The molecule has 92 valence electrons. The summed E-state index contributed by atoms with van der Waals surface area (Å²) in [6, 6.07) is 2.93. The van der Waals surface area contributed by atoms with Crippen molar-refractivity contribution in [3.63, 3.8) is 0 Å². The van der Waals surface area contributed by atoms with E-state index in [0.29, 0.717) is 24.5 Å². The normalized spacial score (nSPS) is 20.1. The molecule has 3 nitrogen and oxygen atoms in total. The van der Waals surface area contributed by atoms with Crippen LogP contribution in [0.2, 0.25) is 5.02 Å². The van der Waals surface area contributed by atoms with Crippen LogP contribution >= 0.6 is 11.6 Å². The van der Waals surface area contributed by atoms with Crippen molar-refractivity contribution in [1.29, 1.82) is 0 Å². The number of carbonyl (C=O) groups is 1. The molecule has 1 unspecified atom stereocenters. The maximum Gasteiger partial charge on any atom is 0.227 e. The minimum Gasteiger partial charge on any atom is -0.330 e. The van der Waals surface area contributed by atoms with Crippen molar-refractivity contribution in [3.05, 3.63) is 28.5 Å². The fourth-order valence-electron chi connectivity index (χ4n) is 2.04. The van der Waals surface area contributed by atoms with Crippen LogP contribution < -0.4 is 10.6 Å². The van der Waals surface area contributed by atoms with Crippen LogP contribution in [0.15, 0.2) is 12.1 Å². The molecule has 0 aliphatic carbocycles. The molecule has 1 fully saturated rings. The smallest absolute Gasteiger partial charge is 0.227 e. The van der Waals surface area contributed by atoms with E-state index in [-0.39, 0.29) is 17.5 Å². The van der Waals surface area contributed by atoms with Gasteiger partial charge in [0, 0.05) is 13.0 Å². The molecule has 1 aromatic rings. The van der Waals surface area contributed by atoms with Crippen LogP contribution in [0.1, 0.15) is 12.0 Å². The highest BCUT2D eigenvalue weighted by atomic mass is 35.5. The molecule has 0 saturated carbocycles. The standard InChI is InChI=1S/C12H14ClFN2O/c1-7-2-3-9(14)12(11(7)13)16-6-8(5-15)4-10(16)17/h2-3,8H,4-6,15H2,1H3. The average molecular weight is 257 g/mol. The molecule has 1 heterocycles. The zero-order valence-corrected chi connectivity index (χ0v) is 10.3. The van der Waals surface area contributed by atoms with E-state index in [4.69, 9.17) is 17.3 Å². The molecule has 1 aromatic carbocycles. The van der Waals surface area contributed by atoms with Crippen LogP contribution in [-0.4, -0.2) is 19.0 Å². The summed E-state index contributed by atoms with van der Waals surface area (Å²) in [6.45, 7) is 2.65. The lowest BCUT2D eigenvalue weighted by atomic mass is 10.1. The minimum absolute atomic E-state index is 0.0819. The maximum absolute atomic E-state index is 13.8. The Morgan fingerprint density at radius 3 is 2.88 bits per heavy atom. The maximum atomic E-state index is 13.8. The third-order valence-corrected chi connectivity index (χ3v) is 3.55. The third-order valence-electron chi connectivity index (χ3n) is 3.07. The number of nitrogens with two attached hydrogens (primary N) is 1.